The van der Waals surface area contributed by atoms with Crippen LogP contribution in [0.4, 0.5) is 0 Å². The standard InChI is InChI=1S/C49H58O/c1-24(2)20-30-14-19-37-36(23-30)44-45(50-37)34-18-17-33-39(43(34)47(44,11)12)32-16-15-31-29(10)21-28(9)22-35(31)42(32)48(13)46(33)49(48)40(26(5)6)38(25(3)4)41(49)27(7)8/h14-19,21-27,38,40-41,46H,20H2,1-13H3. The number of aryl methyl sites for hydroxylation is 2. The molecule has 4 unspecified atom stereocenters. The monoisotopic (exact) mass is 662 g/mol. The highest BCUT2D eigenvalue weighted by molar-refractivity contribution is 6.03. The van der Waals surface area contributed by atoms with Gasteiger partial charge in [-0.2, -0.15) is 0 Å². The van der Waals surface area contributed by atoms with Crippen LogP contribution < -0.4 is 0 Å². The fourth-order valence-corrected chi connectivity index (χ4v) is 13.7. The van der Waals surface area contributed by atoms with E-state index < -0.39 is 0 Å². The van der Waals surface area contributed by atoms with Crippen LogP contribution in [-0.2, 0) is 17.3 Å². The lowest BCUT2D eigenvalue weighted by atomic mass is 9.42. The Morgan fingerprint density at radius 3 is 1.98 bits per heavy atom. The van der Waals surface area contributed by atoms with Gasteiger partial charge in [-0.15, -0.1) is 0 Å². The zero-order chi connectivity index (χ0) is 35.6. The van der Waals surface area contributed by atoms with Crippen LogP contribution in [0.15, 0.2) is 59.0 Å². The first-order chi connectivity index (χ1) is 23.6. The van der Waals surface area contributed by atoms with Crippen molar-refractivity contribution in [1.82, 2.24) is 0 Å². The molecule has 50 heavy (non-hydrogen) atoms. The molecule has 1 nitrogen and oxygen atoms in total. The molecule has 2 fully saturated rings. The molecule has 4 aliphatic carbocycles. The van der Waals surface area contributed by atoms with Crippen LogP contribution in [0.3, 0.4) is 0 Å². The molecule has 9 rings (SSSR count). The molecule has 260 valence electrons. The summed E-state index contributed by atoms with van der Waals surface area (Å²) in [5.74, 6) is 6.36. The summed E-state index contributed by atoms with van der Waals surface area (Å²) in [6.45, 7) is 32.1. The van der Waals surface area contributed by atoms with Gasteiger partial charge < -0.3 is 4.42 Å². The normalized spacial score (nSPS) is 28.4. The van der Waals surface area contributed by atoms with E-state index in [0.717, 1.165) is 23.7 Å². The molecular weight excluding hydrogens is 605 g/mol. The largest absolute Gasteiger partial charge is 0.456 e. The van der Waals surface area contributed by atoms with Crippen molar-refractivity contribution in [1.29, 1.82) is 0 Å². The van der Waals surface area contributed by atoms with E-state index in [2.05, 4.69) is 145 Å². The Kier molecular flexibility index (Phi) is 6.63. The maximum atomic E-state index is 6.88. The minimum atomic E-state index is -0.183. The van der Waals surface area contributed by atoms with E-state index in [1.54, 1.807) is 11.1 Å². The smallest absolute Gasteiger partial charge is 0.139 e. The van der Waals surface area contributed by atoms with Crippen LogP contribution in [0.2, 0.25) is 0 Å². The van der Waals surface area contributed by atoms with Crippen LogP contribution in [0, 0.1) is 60.7 Å². The number of fused-ring (bicyclic) bond motifs is 16. The summed E-state index contributed by atoms with van der Waals surface area (Å²) in [5.41, 5.74) is 15.8. The predicted molar refractivity (Wildman–Crippen MR) is 212 cm³/mol. The van der Waals surface area contributed by atoms with E-state index in [1.165, 1.54) is 60.7 Å². The van der Waals surface area contributed by atoms with Crippen LogP contribution in [0.5, 0.6) is 0 Å². The summed E-state index contributed by atoms with van der Waals surface area (Å²) >= 11 is 0. The molecule has 0 saturated heterocycles. The summed E-state index contributed by atoms with van der Waals surface area (Å²) < 4.78 is 6.88. The molecule has 0 amide bonds. The van der Waals surface area contributed by atoms with Gasteiger partial charge in [-0.25, -0.2) is 0 Å². The van der Waals surface area contributed by atoms with Crippen LogP contribution >= 0.6 is 0 Å². The van der Waals surface area contributed by atoms with Gasteiger partial charge in [0, 0.05) is 33.3 Å². The second-order valence-corrected chi connectivity index (χ2v) is 19.4. The summed E-state index contributed by atoms with van der Waals surface area (Å²) in [5, 5.41) is 4.24. The summed E-state index contributed by atoms with van der Waals surface area (Å²) in [7, 11) is 0. The Morgan fingerprint density at radius 1 is 0.660 bits per heavy atom. The Hall–Kier alpha value is -3.32. The molecular formula is C49H58O. The number of hydrogen-bond acceptors (Lipinski definition) is 1. The third kappa shape index (κ3) is 3.66. The lowest BCUT2D eigenvalue weighted by molar-refractivity contribution is -0.136. The Morgan fingerprint density at radius 2 is 1.34 bits per heavy atom. The van der Waals surface area contributed by atoms with Gasteiger partial charge in [0.2, 0.25) is 0 Å². The molecule has 1 heterocycles. The predicted octanol–water partition coefficient (Wildman–Crippen LogP) is 13.6. The van der Waals surface area contributed by atoms with Gasteiger partial charge in [-0.3, -0.25) is 0 Å². The van der Waals surface area contributed by atoms with E-state index in [4.69, 9.17) is 4.42 Å². The molecule has 5 aromatic rings. The maximum Gasteiger partial charge on any atom is 0.139 e. The van der Waals surface area contributed by atoms with Gasteiger partial charge in [-0.1, -0.05) is 124 Å². The van der Waals surface area contributed by atoms with Crippen molar-refractivity contribution in [3.05, 3.63) is 93.5 Å². The fourth-order valence-electron chi connectivity index (χ4n) is 13.7. The molecule has 4 aliphatic rings. The summed E-state index contributed by atoms with van der Waals surface area (Å²) in [6, 6.07) is 21.9. The van der Waals surface area contributed by atoms with E-state index in [1.807, 2.05) is 0 Å². The topological polar surface area (TPSA) is 13.1 Å². The number of benzene rings is 4. The SMILES string of the molecule is Cc1cc(C)c2ccc3c(c2c1)C1(C)C(c2ccc4c(c2-3)C(C)(C)c2c-4oc3ccc(CC(C)C)cc23)C12C(C(C)C)C(C(C)C)C2C(C)C. The minimum Gasteiger partial charge on any atom is -0.456 e. The molecule has 4 atom stereocenters. The molecule has 1 spiro atoms. The van der Waals surface area contributed by atoms with E-state index in [-0.39, 0.29) is 16.2 Å². The molecule has 0 N–H and O–H groups in total. The highest BCUT2D eigenvalue weighted by Gasteiger charge is 2.88. The van der Waals surface area contributed by atoms with E-state index in [0.29, 0.717) is 41.4 Å². The van der Waals surface area contributed by atoms with Crippen molar-refractivity contribution in [3.8, 4) is 22.5 Å². The second-order valence-electron chi connectivity index (χ2n) is 19.4. The average Bonchev–Trinajstić information content (AvgIpc) is 3.28. The molecule has 0 radical (unpaired) electrons. The van der Waals surface area contributed by atoms with E-state index in [9.17, 15) is 0 Å². The van der Waals surface area contributed by atoms with Crippen LogP contribution in [0.1, 0.15) is 121 Å². The third-order valence-electron chi connectivity index (χ3n) is 14.7. The highest BCUT2D eigenvalue weighted by atomic mass is 16.3. The maximum absolute atomic E-state index is 6.88. The summed E-state index contributed by atoms with van der Waals surface area (Å²) in [4.78, 5) is 0. The van der Waals surface area contributed by atoms with Gasteiger partial charge in [0.05, 0.1) is 0 Å². The Balaban J connectivity index is 1.37. The zero-order valence-corrected chi connectivity index (χ0v) is 32.9. The zero-order valence-electron chi connectivity index (χ0n) is 32.9. The molecule has 1 aromatic heterocycles. The van der Waals surface area contributed by atoms with Gasteiger partial charge >= 0.3 is 0 Å². The number of hydrogen-bond donors (Lipinski definition) is 0. The van der Waals surface area contributed by atoms with Crippen molar-refractivity contribution in [2.45, 2.75) is 113 Å². The van der Waals surface area contributed by atoms with Gasteiger partial charge in [-0.05, 0) is 129 Å². The Labute approximate surface area is 301 Å². The van der Waals surface area contributed by atoms with Crippen molar-refractivity contribution >= 4 is 21.7 Å². The van der Waals surface area contributed by atoms with Crippen molar-refractivity contribution in [2.75, 3.05) is 0 Å². The van der Waals surface area contributed by atoms with Crippen molar-refractivity contribution in [2.24, 2.45) is 46.8 Å². The first-order valence-corrected chi connectivity index (χ1v) is 19.9. The molecule has 0 aliphatic heterocycles. The molecule has 2 saturated carbocycles. The van der Waals surface area contributed by atoms with Gasteiger partial charge in [0.1, 0.15) is 11.3 Å². The minimum absolute atomic E-state index is 0.0896. The number of rotatable bonds is 5. The van der Waals surface area contributed by atoms with Gasteiger partial charge in [0.15, 0.2) is 0 Å². The van der Waals surface area contributed by atoms with Crippen molar-refractivity contribution < 1.29 is 4.42 Å². The first kappa shape index (κ1) is 32.6. The molecule has 1 heteroatoms. The van der Waals surface area contributed by atoms with Crippen LogP contribution in [0.25, 0.3) is 44.2 Å². The number of furan rings is 1. The lowest BCUT2D eigenvalue weighted by Gasteiger charge is -2.61. The van der Waals surface area contributed by atoms with Crippen LogP contribution in [-0.4, -0.2) is 0 Å². The quantitative estimate of drug-likeness (QED) is 0.183. The molecule has 0 bridgehead atoms. The average molecular weight is 663 g/mol. The lowest BCUT2D eigenvalue weighted by Crippen LogP contribution is -2.58. The molecule has 4 aromatic carbocycles. The second kappa shape index (κ2) is 10.2. The van der Waals surface area contributed by atoms with E-state index >= 15 is 0 Å². The highest BCUT2D eigenvalue weighted by Crippen LogP contribution is 2.92. The third-order valence-corrected chi connectivity index (χ3v) is 14.7. The van der Waals surface area contributed by atoms with Gasteiger partial charge in [0.25, 0.3) is 0 Å². The first-order valence-electron chi connectivity index (χ1n) is 19.9. The van der Waals surface area contributed by atoms with Crippen molar-refractivity contribution in [3.63, 3.8) is 0 Å². The summed E-state index contributed by atoms with van der Waals surface area (Å²) in [6.07, 6.45) is 1.09. The fraction of sp³-hybridized carbons (Fsp3) is 0.510. The Bertz CT molecular complexity index is 2230.